The predicted octanol–water partition coefficient (Wildman–Crippen LogP) is 2.12. The number of rotatable bonds is 5. The second-order valence-electron chi connectivity index (χ2n) is 4.89. The Morgan fingerprint density at radius 1 is 1.21 bits per heavy atom. The Morgan fingerprint density at radius 3 is 2.71 bits per heavy atom. The highest BCUT2D eigenvalue weighted by molar-refractivity contribution is 5.97. The van der Waals surface area contributed by atoms with E-state index in [1.807, 2.05) is 0 Å². The maximum absolute atomic E-state index is 12.1. The third-order valence-corrected chi connectivity index (χ3v) is 3.05. The Kier molecular flexibility index (Phi) is 5.51. The van der Waals surface area contributed by atoms with Crippen LogP contribution in [0.1, 0.15) is 22.8 Å². The van der Waals surface area contributed by atoms with Crippen LogP contribution in [-0.4, -0.2) is 30.2 Å². The number of aromatic hydroxyl groups is 1. The van der Waals surface area contributed by atoms with E-state index in [4.69, 9.17) is 4.74 Å². The fraction of sp³-hybridized carbons (Fsp3) is 0.118. The first-order valence-corrected chi connectivity index (χ1v) is 7.07. The highest BCUT2D eigenvalue weighted by Crippen LogP contribution is 2.21. The molecular weight excluding hydrogens is 310 g/mol. The maximum Gasteiger partial charge on any atom is 0.271 e. The predicted molar refractivity (Wildman–Crippen MR) is 90.5 cm³/mol. The van der Waals surface area contributed by atoms with Crippen molar-refractivity contribution in [1.29, 1.82) is 0 Å². The van der Waals surface area contributed by atoms with Crippen LogP contribution in [0.25, 0.3) is 0 Å². The molecule has 0 unspecified atom stereocenters. The van der Waals surface area contributed by atoms with Crippen molar-refractivity contribution in [3.05, 3.63) is 53.6 Å². The second-order valence-corrected chi connectivity index (χ2v) is 4.89. The fourth-order valence-electron chi connectivity index (χ4n) is 1.93. The number of ether oxygens (including phenoxy) is 1. The molecule has 0 bridgehead atoms. The summed E-state index contributed by atoms with van der Waals surface area (Å²) < 4.78 is 5.06. The van der Waals surface area contributed by atoms with Crippen molar-refractivity contribution in [3.8, 4) is 11.5 Å². The molecule has 2 aromatic carbocycles. The zero-order chi connectivity index (χ0) is 17.5. The number of carbonyl (C=O) groups is 2. The summed E-state index contributed by atoms with van der Waals surface area (Å²) in [7, 11) is 1.51. The fourth-order valence-corrected chi connectivity index (χ4v) is 1.93. The number of methoxy groups -OCH3 is 1. The summed E-state index contributed by atoms with van der Waals surface area (Å²) in [6, 6.07) is 11.1. The van der Waals surface area contributed by atoms with E-state index in [9.17, 15) is 14.7 Å². The summed E-state index contributed by atoms with van der Waals surface area (Å²) in [4.78, 5) is 23.1. The van der Waals surface area contributed by atoms with Crippen LogP contribution >= 0.6 is 0 Å². The lowest BCUT2D eigenvalue weighted by atomic mass is 10.2. The molecule has 0 aliphatic rings. The van der Waals surface area contributed by atoms with Crippen LogP contribution in [0.5, 0.6) is 11.5 Å². The Hall–Kier alpha value is -3.35. The summed E-state index contributed by atoms with van der Waals surface area (Å²) in [6.45, 7) is 1.39. The average molecular weight is 327 g/mol. The molecule has 2 amide bonds. The van der Waals surface area contributed by atoms with Gasteiger partial charge in [-0.3, -0.25) is 9.59 Å². The molecule has 0 atom stereocenters. The zero-order valence-corrected chi connectivity index (χ0v) is 13.2. The van der Waals surface area contributed by atoms with Crippen molar-refractivity contribution in [1.82, 2.24) is 5.43 Å². The second kappa shape index (κ2) is 7.77. The van der Waals surface area contributed by atoms with E-state index < -0.39 is 5.91 Å². The van der Waals surface area contributed by atoms with Gasteiger partial charge < -0.3 is 15.2 Å². The maximum atomic E-state index is 12.1. The molecule has 0 saturated carbocycles. The third kappa shape index (κ3) is 4.57. The number of amides is 2. The lowest BCUT2D eigenvalue weighted by Gasteiger charge is -2.05. The smallest absolute Gasteiger partial charge is 0.271 e. The Labute approximate surface area is 139 Å². The molecular formula is C17H17N3O4. The number of carbonyl (C=O) groups excluding carboxylic acids is 2. The standard InChI is InChI=1S/C17H17N3O4/c1-11(21)19-14-5-3-4-12(8-14)17(23)20-18-10-13-9-15(24-2)6-7-16(13)22/h3-10,22H,1-2H3,(H,19,21)(H,20,23)/b18-10+. The molecule has 3 N–H and O–H groups in total. The van der Waals surface area contributed by atoms with Crippen molar-refractivity contribution in [3.63, 3.8) is 0 Å². The van der Waals surface area contributed by atoms with Crippen molar-refractivity contribution in [2.75, 3.05) is 12.4 Å². The summed E-state index contributed by atoms with van der Waals surface area (Å²) in [5.74, 6) is -0.0926. The quantitative estimate of drug-likeness (QED) is 0.578. The molecule has 0 aliphatic heterocycles. The number of phenols is 1. The molecule has 124 valence electrons. The van der Waals surface area contributed by atoms with Crippen LogP contribution in [0.4, 0.5) is 5.69 Å². The number of nitrogens with zero attached hydrogens (tertiary/aromatic N) is 1. The number of benzene rings is 2. The van der Waals surface area contributed by atoms with Gasteiger partial charge in [-0.05, 0) is 36.4 Å². The van der Waals surface area contributed by atoms with Crippen molar-refractivity contribution < 1.29 is 19.4 Å². The third-order valence-electron chi connectivity index (χ3n) is 3.05. The van der Waals surface area contributed by atoms with Crippen molar-refractivity contribution in [2.24, 2.45) is 5.10 Å². The minimum Gasteiger partial charge on any atom is -0.507 e. The van der Waals surface area contributed by atoms with Gasteiger partial charge in [-0.2, -0.15) is 5.10 Å². The van der Waals surface area contributed by atoms with Gasteiger partial charge in [-0.15, -0.1) is 0 Å². The number of nitrogens with one attached hydrogen (secondary N) is 2. The van der Waals surface area contributed by atoms with E-state index in [1.54, 1.807) is 30.3 Å². The first kappa shape index (κ1) is 17.0. The van der Waals surface area contributed by atoms with E-state index in [0.717, 1.165) is 0 Å². The normalized spacial score (nSPS) is 10.4. The lowest BCUT2D eigenvalue weighted by molar-refractivity contribution is -0.114. The van der Waals surface area contributed by atoms with Crippen molar-refractivity contribution in [2.45, 2.75) is 6.92 Å². The lowest BCUT2D eigenvalue weighted by Crippen LogP contribution is -2.18. The minimum absolute atomic E-state index is 0.0152. The molecule has 24 heavy (non-hydrogen) atoms. The van der Waals surface area contributed by atoms with Gasteiger partial charge in [-0.25, -0.2) is 5.43 Å². The van der Waals surface area contributed by atoms with E-state index >= 15 is 0 Å². The number of phenolic OH excluding ortho intramolecular Hbond substituents is 1. The molecule has 0 radical (unpaired) electrons. The van der Waals surface area contributed by atoms with E-state index in [-0.39, 0.29) is 11.7 Å². The molecule has 0 saturated heterocycles. The van der Waals surface area contributed by atoms with Crippen LogP contribution < -0.4 is 15.5 Å². The summed E-state index contributed by atoms with van der Waals surface area (Å²) in [6.07, 6.45) is 1.31. The molecule has 2 aromatic rings. The summed E-state index contributed by atoms with van der Waals surface area (Å²) >= 11 is 0. The molecule has 0 aliphatic carbocycles. The van der Waals surface area contributed by atoms with E-state index in [0.29, 0.717) is 22.6 Å². The van der Waals surface area contributed by atoms with Gasteiger partial charge in [0, 0.05) is 23.7 Å². The first-order valence-electron chi connectivity index (χ1n) is 7.07. The van der Waals surface area contributed by atoms with Crippen LogP contribution in [0.2, 0.25) is 0 Å². The highest BCUT2D eigenvalue weighted by atomic mass is 16.5. The molecule has 0 fully saturated rings. The molecule has 0 heterocycles. The van der Waals surface area contributed by atoms with Gasteiger partial charge in [0.25, 0.3) is 5.91 Å². The van der Waals surface area contributed by atoms with Crippen LogP contribution in [0.15, 0.2) is 47.6 Å². The van der Waals surface area contributed by atoms with Gasteiger partial charge in [-0.1, -0.05) is 6.07 Å². The van der Waals surface area contributed by atoms with Gasteiger partial charge >= 0.3 is 0 Å². The Bertz CT molecular complexity index is 787. The first-order chi connectivity index (χ1) is 11.5. The van der Waals surface area contributed by atoms with Gasteiger partial charge in [0.15, 0.2) is 0 Å². The number of hydrazone groups is 1. The molecule has 7 nitrogen and oxygen atoms in total. The monoisotopic (exact) mass is 327 g/mol. The Balaban J connectivity index is 2.06. The van der Waals surface area contributed by atoms with Gasteiger partial charge in [0.05, 0.1) is 13.3 Å². The van der Waals surface area contributed by atoms with Crippen LogP contribution in [-0.2, 0) is 4.79 Å². The van der Waals surface area contributed by atoms with Crippen LogP contribution in [0.3, 0.4) is 0 Å². The minimum atomic E-state index is -0.444. The summed E-state index contributed by atoms with van der Waals surface area (Å²) in [5, 5.41) is 16.1. The molecule has 0 spiro atoms. The molecule has 0 aromatic heterocycles. The number of anilines is 1. The van der Waals surface area contributed by atoms with Gasteiger partial charge in [0.2, 0.25) is 5.91 Å². The molecule has 7 heteroatoms. The topological polar surface area (TPSA) is 100 Å². The Morgan fingerprint density at radius 2 is 2.00 bits per heavy atom. The van der Waals surface area contributed by atoms with Crippen LogP contribution in [0, 0.1) is 0 Å². The van der Waals surface area contributed by atoms with Crippen molar-refractivity contribution >= 4 is 23.7 Å². The zero-order valence-electron chi connectivity index (χ0n) is 13.2. The highest BCUT2D eigenvalue weighted by Gasteiger charge is 2.06. The number of hydrogen-bond donors (Lipinski definition) is 3. The van der Waals surface area contributed by atoms with E-state index in [2.05, 4.69) is 15.8 Å². The summed E-state index contributed by atoms with van der Waals surface area (Å²) in [5.41, 5.74) is 3.62. The molecule has 2 rings (SSSR count). The van der Waals surface area contributed by atoms with Gasteiger partial charge in [0.1, 0.15) is 11.5 Å². The average Bonchev–Trinajstić information content (AvgIpc) is 2.56. The number of hydrogen-bond acceptors (Lipinski definition) is 5. The van der Waals surface area contributed by atoms with E-state index in [1.165, 1.54) is 32.4 Å². The largest absolute Gasteiger partial charge is 0.507 e. The SMILES string of the molecule is COc1ccc(O)c(/C=N/NC(=O)c2cccc(NC(C)=O)c2)c1.